The van der Waals surface area contributed by atoms with E-state index in [0.29, 0.717) is 0 Å². The first-order valence-electron chi connectivity index (χ1n) is 13.8. The SMILES string of the molecule is CC(Oc1ccc2[nH]nc(-c3ccc(N4CC5(CCN(CC(F)F)CC5)C4)nc3)c2c1)c1ccnc2[nH]ccc12. The number of fused-ring (bicyclic) bond motifs is 2. The van der Waals surface area contributed by atoms with Gasteiger partial charge in [0, 0.05) is 59.0 Å². The molecule has 2 aliphatic heterocycles. The van der Waals surface area contributed by atoms with Crippen LogP contribution in [0.4, 0.5) is 14.6 Å². The van der Waals surface area contributed by atoms with Crippen molar-refractivity contribution in [1.82, 2.24) is 30.0 Å². The highest BCUT2D eigenvalue weighted by Gasteiger charge is 2.45. The summed E-state index contributed by atoms with van der Waals surface area (Å²) in [5.74, 6) is 1.70. The molecule has 206 valence electrons. The van der Waals surface area contributed by atoms with Crippen LogP contribution in [0.2, 0.25) is 0 Å². The first-order chi connectivity index (χ1) is 19.5. The summed E-state index contributed by atoms with van der Waals surface area (Å²) in [6, 6.07) is 14.1. The van der Waals surface area contributed by atoms with E-state index in [-0.39, 0.29) is 18.1 Å². The van der Waals surface area contributed by atoms with Crippen molar-refractivity contribution < 1.29 is 13.5 Å². The zero-order valence-corrected chi connectivity index (χ0v) is 22.3. The molecule has 0 amide bonds. The molecule has 7 rings (SSSR count). The van der Waals surface area contributed by atoms with Gasteiger partial charge in [0.25, 0.3) is 6.43 Å². The Morgan fingerprint density at radius 3 is 2.65 bits per heavy atom. The molecule has 6 heterocycles. The van der Waals surface area contributed by atoms with Crippen LogP contribution in [0.15, 0.2) is 61.1 Å². The Morgan fingerprint density at radius 2 is 1.88 bits per heavy atom. The van der Waals surface area contributed by atoms with Crippen LogP contribution in [0, 0.1) is 5.41 Å². The van der Waals surface area contributed by atoms with Gasteiger partial charge in [-0.25, -0.2) is 18.7 Å². The largest absolute Gasteiger partial charge is 0.486 e. The minimum Gasteiger partial charge on any atom is -0.486 e. The maximum atomic E-state index is 12.7. The number of H-pyrrole nitrogens is 2. The Balaban J connectivity index is 1.04. The van der Waals surface area contributed by atoms with Crippen molar-refractivity contribution in [2.24, 2.45) is 5.41 Å². The van der Waals surface area contributed by atoms with Gasteiger partial charge in [-0.2, -0.15) is 5.10 Å². The highest BCUT2D eigenvalue weighted by Crippen LogP contribution is 2.42. The van der Waals surface area contributed by atoms with Crippen LogP contribution in [-0.2, 0) is 0 Å². The van der Waals surface area contributed by atoms with E-state index in [1.54, 1.807) is 6.20 Å². The third-order valence-electron chi connectivity index (χ3n) is 8.49. The number of nitrogens with zero attached hydrogens (tertiary/aromatic N) is 5. The summed E-state index contributed by atoms with van der Waals surface area (Å²) in [5, 5.41) is 9.73. The van der Waals surface area contributed by atoms with E-state index in [4.69, 9.17) is 9.72 Å². The molecule has 0 radical (unpaired) electrons. The summed E-state index contributed by atoms with van der Waals surface area (Å²) in [4.78, 5) is 16.4. The molecule has 40 heavy (non-hydrogen) atoms. The van der Waals surface area contributed by atoms with Crippen LogP contribution in [-0.4, -0.2) is 69.2 Å². The summed E-state index contributed by atoms with van der Waals surface area (Å²) in [6.45, 7) is 5.29. The maximum Gasteiger partial charge on any atom is 0.251 e. The number of halogens is 2. The highest BCUT2D eigenvalue weighted by molar-refractivity contribution is 5.93. The van der Waals surface area contributed by atoms with Gasteiger partial charge in [-0.15, -0.1) is 0 Å². The molecule has 1 unspecified atom stereocenters. The normalized spacial score (nSPS) is 18.1. The Morgan fingerprint density at radius 1 is 1.02 bits per heavy atom. The molecular formula is C30H31F2N7O. The molecule has 1 spiro atoms. The van der Waals surface area contributed by atoms with Gasteiger partial charge in [0.05, 0.1) is 12.1 Å². The lowest BCUT2D eigenvalue weighted by molar-refractivity contribution is 0.0318. The average molecular weight is 544 g/mol. The molecule has 1 atom stereocenters. The van der Waals surface area contributed by atoms with E-state index in [2.05, 4.69) is 31.1 Å². The van der Waals surface area contributed by atoms with Gasteiger partial charge < -0.3 is 14.6 Å². The molecular weight excluding hydrogens is 512 g/mol. The number of hydrogen-bond acceptors (Lipinski definition) is 6. The van der Waals surface area contributed by atoms with Crippen LogP contribution in [0.1, 0.15) is 31.4 Å². The van der Waals surface area contributed by atoms with Crippen molar-refractivity contribution in [3.8, 4) is 17.0 Å². The van der Waals surface area contributed by atoms with Crippen LogP contribution in [0.25, 0.3) is 33.2 Å². The number of likely N-dealkylation sites (tertiary alicyclic amines) is 1. The second-order valence-corrected chi connectivity index (χ2v) is 11.1. The second kappa shape index (κ2) is 9.85. The van der Waals surface area contributed by atoms with E-state index in [1.165, 1.54) is 0 Å². The van der Waals surface area contributed by atoms with Crippen molar-refractivity contribution >= 4 is 27.8 Å². The quantitative estimate of drug-likeness (QED) is 0.270. The molecule has 0 saturated carbocycles. The molecule has 2 saturated heterocycles. The number of ether oxygens (including phenoxy) is 1. The Hall–Kier alpha value is -4.05. The lowest BCUT2D eigenvalue weighted by Crippen LogP contribution is -2.61. The van der Waals surface area contributed by atoms with Gasteiger partial charge in [-0.05, 0) is 75.3 Å². The summed E-state index contributed by atoms with van der Waals surface area (Å²) in [5.41, 5.74) is 4.84. The molecule has 4 aromatic heterocycles. The van der Waals surface area contributed by atoms with Gasteiger partial charge in [-0.1, -0.05) is 0 Å². The topological polar surface area (TPSA) is 86.0 Å². The number of hydrogen-bond donors (Lipinski definition) is 2. The molecule has 0 bridgehead atoms. The van der Waals surface area contributed by atoms with Gasteiger partial charge in [0.2, 0.25) is 0 Å². The molecule has 8 nitrogen and oxygen atoms in total. The molecule has 5 aromatic rings. The van der Waals surface area contributed by atoms with Crippen molar-refractivity contribution in [3.05, 3.63) is 66.6 Å². The number of aromatic amines is 2. The van der Waals surface area contributed by atoms with Gasteiger partial charge in [0.15, 0.2) is 0 Å². The highest BCUT2D eigenvalue weighted by atomic mass is 19.3. The van der Waals surface area contributed by atoms with E-state index in [1.807, 2.05) is 60.6 Å². The number of pyridine rings is 2. The second-order valence-electron chi connectivity index (χ2n) is 11.1. The predicted molar refractivity (Wildman–Crippen MR) is 151 cm³/mol. The monoisotopic (exact) mass is 543 g/mol. The number of rotatable bonds is 7. The van der Waals surface area contributed by atoms with E-state index in [9.17, 15) is 8.78 Å². The van der Waals surface area contributed by atoms with Crippen molar-refractivity contribution in [1.29, 1.82) is 0 Å². The lowest BCUT2D eigenvalue weighted by atomic mass is 9.72. The molecule has 0 aliphatic carbocycles. The zero-order chi connectivity index (χ0) is 27.3. The molecule has 2 aliphatic rings. The molecule has 1 aromatic carbocycles. The van der Waals surface area contributed by atoms with Crippen molar-refractivity contribution in [2.45, 2.75) is 32.3 Å². The fraction of sp³-hybridized carbons (Fsp3) is 0.367. The predicted octanol–water partition coefficient (Wildman–Crippen LogP) is 5.81. The molecule has 2 fully saturated rings. The van der Waals surface area contributed by atoms with Gasteiger partial charge in [-0.3, -0.25) is 10.00 Å². The summed E-state index contributed by atoms with van der Waals surface area (Å²) in [6.07, 6.45) is 5.07. The van der Waals surface area contributed by atoms with E-state index < -0.39 is 6.43 Å². The number of alkyl halides is 2. The first-order valence-corrected chi connectivity index (χ1v) is 13.8. The fourth-order valence-electron chi connectivity index (χ4n) is 6.25. The third-order valence-corrected chi connectivity index (χ3v) is 8.49. The summed E-state index contributed by atoms with van der Waals surface area (Å²) in [7, 11) is 0. The first kappa shape index (κ1) is 25.0. The summed E-state index contributed by atoms with van der Waals surface area (Å²) < 4.78 is 31.8. The molecule has 10 heteroatoms. The minimum atomic E-state index is -2.26. The number of piperidine rings is 1. The third kappa shape index (κ3) is 4.56. The lowest BCUT2D eigenvalue weighted by Gasteiger charge is -2.54. The van der Waals surface area contributed by atoms with E-state index >= 15 is 0 Å². The molecule has 2 N–H and O–H groups in total. The summed E-state index contributed by atoms with van der Waals surface area (Å²) >= 11 is 0. The van der Waals surface area contributed by atoms with Gasteiger partial charge in [0.1, 0.15) is 29.0 Å². The maximum absolute atomic E-state index is 12.7. The van der Waals surface area contributed by atoms with Gasteiger partial charge >= 0.3 is 0 Å². The van der Waals surface area contributed by atoms with Crippen LogP contribution >= 0.6 is 0 Å². The Kier molecular flexibility index (Phi) is 6.14. The number of benzene rings is 1. The Bertz CT molecular complexity index is 1630. The number of aromatic nitrogens is 5. The van der Waals surface area contributed by atoms with Crippen molar-refractivity contribution in [3.63, 3.8) is 0 Å². The smallest absolute Gasteiger partial charge is 0.251 e. The fourth-order valence-corrected chi connectivity index (χ4v) is 6.25. The average Bonchev–Trinajstić information content (AvgIpc) is 3.59. The Labute approximate surface area is 230 Å². The van der Waals surface area contributed by atoms with Crippen LogP contribution in [0.3, 0.4) is 0 Å². The van der Waals surface area contributed by atoms with Crippen LogP contribution < -0.4 is 9.64 Å². The zero-order valence-electron chi connectivity index (χ0n) is 22.3. The minimum absolute atomic E-state index is 0.112. The number of nitrogens with one attached hydrogen (secondary N) is 2. The van der Waals surface area contributed by atoms with E-state index in [0.717, 1.165) is 89.3 Å². The standard InChI is InChI=1S/C30H31F2N7O/c1-19(22-6-10-33-29-23(22)7-11-34-29)40-21-3-4-25-24(14-21)28(37-36-25)20-2-5-27(35-15-20)39-17-30(18-39)8-12-38(13-9-30)16-26(31)32/h2-7,10-11,14-15,19,26H,8-9,12-13,16-18H2,1H3,(H,33,34)(H,36,37). The van der Waals surface area contributed by atoms with Crippen LogP contribution in [0.5, 0.6) is 5.75 Å². The van der Waals surface area contributed by atoms with Crippen molar-refractivity contribution in [2.75, 3.05) is 37.6 Å². The number of anilines is 1.